The zero-order valence-corrected chi connectivity index (χ0v) is 12.5. The second-order valence-electron chi connectivity index (χ2n) is 5.19. The second-order valence-corrected chi connectivity index (χ2v) is 5.19. The highest BCUT2D eigenvalue weighted by molar-refractivity contribution is 5.76. The van der Waals surface area contributed by atoms with E-state index < -0.39 is 0 Å². The van der Waals surface area contributed by atoms with Crippen LogP contribution < -0.4 is 10.6 Å². The van der Waals surface area contributed by atoms with Crippen molar-refractivity contribution in [2.24, 2.45) is 0 Å². The highest BCUT2D eigenvalue weighted by atomic mass is 16.1. The lowest BCUT2D eigenvalue weighted by molar-refractivity contribution is -0.121. The molecule has 2 N–H and O–H groups in total. The summed E-state index contributed by atoms with van der Waals surface area (Å²) in [6, 6.07) is 10.1. The number of anilines is 1. The summed E-state index contributed by atoms with van der Waals surface area (Å²) in [5.74, 6) is 0.0377. The molecule has 4 heteroatoms. The molecule has 0 aliphatic rings. The molecule has 0 atom stereocenters. The summed E-state index contributed by atoms with van der Waals surface area (Å²) in [5.41, 5.74) is 4.51. The number of benzene rings is 1. The molecule has 1 aromatic carbocycles. The SMILES string of the molecule is Cc1cc(C)cc(NCCC(=O)NCc2cccnc2)c1. The number of aryl methyl sites for hydroxylation is 2. The standard InChI is InChI=1S/C17H21N3O/c1-13-8-14(2)10-16(9-13)19-7-5-17(21)20-12-15-4-3-6-18-11-15/h3-4,6,8-11,19H,5,7,12H2,1-2H3,(H,20,21). The summed E-state index contributed by atoms with van der Waals surface area (Å²) in [6.07, 6.45) is 3.93. The van der Waals surface area contributed by atoms with Gasteiger partial charge in [0.05, 0.1) is 0 Å². The van der Waals surface area contributed by atoms with Crippen LogP contribution in [0.15, 0.2) is 42.7 Å². The lowest BCUT2D eigenvalue weighted by Crippen LogP contribution is -2.24. The van der Waals surface area contributed by atoms with E-state index in [0.29, 0.717) is 19.5 Å². The molecule has 21 heavy (non-hydrogen) atoms. The van der Waals surface area contributed by atoms with Crippen LogP contribution >= 0.6 is 0 Å². The molecule has 0 aliphatic carbocycles. The molecule has 1 amide bonds. The van der Waals surface area contributed by atoms with Gasteiger partial charge in [-0.1, -0.05) is 12.1 Å². The van der Waals surface area contributed by atoms with Crippen LogP contribution in [0.4, 0.5) is 5.69 Å². The topological polar surface area (TPSA) is 54.0 Å². The van der Waals surface area contributed by atoms with Crippen LogP contribution in [0, 0.1) is 13.8 Å². The maximum Gasteiger partial charge on any atom is 0.222 e. The van der Waals surface area contributed by atoms with Gasteiger partial charge in [0.2, 0.25) is 5.91 Å². The lowest BCUT2D eigenvalue weighted by Gasteiger charge is -2.09. The van der Waals surface area contributed by atoms with E-state index in [1.165, 1.54) is 11.1 Å². The van der Waals surface area contributed by atoms with Crippen molar-refractivity contribution in [2.75, 3.05) is 11.9 Å². The summed E-state index contributed by atoms with van der Waals surface area (Å²) in [6.45, 7) is 5.29. The predicted octanol–water partition coefficient (Wildman–Crippen LogP) is 2.82. The molecule has 2 aromatic rings. The van der Waals surface area contributed by atoms with E-state index in [1.54, 1.807) is 12.4 Å². The van der Waals surface area contributed by atoms with Crippen molar-refractivity contribution in [3.05, 3.63) is 59.4 Å². The third-order valence-corrected chi connectivity index (χ3v) is 3.12. The Kier molecular flexibility index (Phi) is 5.32. The van der Waals surface area contributed by atoms with Crippen LogP contribution in [0.2, 0.25) is 0 Å². The highest BCUT2D eigenvalue weighted by Gasteiger charge is 2.02. The Hall–Kier alpha value is -2.36. The Morgan fingerprint density at radius 1 is 1.19 bits per heavy atom. The molecule has 0 saturated heterocycles. The second kappa shape index (κ2) is 7.43. The average Bonchev–Trinajstić information content (AvgIpc) is 2.45. The van der Waals surface area contributed by atoms with Gasteiger partial charge in [-0.3, -0.25) is 9.78 Å². The molecule has 0 fully saturated rings. The molecule has 0 radical (unpaired) electrons. The van der Waals surface area contributed by atoms with E-state index in [0.717, 1.165) is 11.3 Å². The van der Waals surface area contributed by atoms with E-state index in [4.69, 9.17) is 0 Å². The maximum absolute atomic E-state index is 11.8. The van der Waals surface area contributed by atoms with Crippen molar-refractivity contribution in [1.29, 1.82) is 0 Å². The Balaban J connectivity index is 1.72. The number of carbonyl (C=O) groups excluding carboxylic acids is 1. The first-order valence-corrected chi connectivity index (χ1v) is 7.11. The molecule has 0 aliphatic heterocycles. The van der Waals surface area contributed by atoms with Gasteiger partial charge in [-0.2, -0.15) is 0 Å². The lowest BCUT2D eigenvalue weighted by atomic mass is 10.1. The van der Waals surface area contributed by atoms with E-state index in [2.05, 4.69) is 47.7 Å². The summed E-state index contributed by atoms with van der Waals surface area (Å²) < 4.78 is 0. The highest BCUT2D eigenvalue weighted by Crippen LogP contribution is 2.13. The van der Waals surface area contributed by atoms with Crippen molar-refractivity contribution in [1.82, 2.24) is 10.3 Å². The smallest absolute Gasteiger partial charge is 0.222 e. The first kappa shape index (κ1) is 15.0. The van der Waals surface area contributed by atoms with Crippen LogP contribution in [0.25, 0.3) is 0 Å². The van der Waals surface area contributed by atoms with Gasteiger partial charge in [0.25, 0.3) is 0 Å². The summed E-state index contributed by atoms with van der Waals surface area (Å²) >= 11 is 0. The van der Waals surface area contributed by atoms with Crippen LogP contribution in [-0.2, 0) is 11.3 Å². The molecule has 1 heterocycles. The molecule has 2 rings (SSSR count). The first-order valence-electron chi connectivity index (χ1n) is 7.11. The van der Waals surface area contributed by atoms with Gasteiger partial charge in [-0.15, -0.1) is 0 Å². The molecule has 0 saturated carbocycles. The Bertz CT molecular complexity index is 576. The quantitative estimate of drug-likeness (QED) is 0.857. The molecule has 110 valence electrons. The van der Waals surface area contributed by atoms with Crippen LogP contribution in [0.1, 0.15) is 23.1 Å². The fourth-order valence-electron chi connectivity index (χ4n) is 2.19. The maximum atomic E-state index is 11.8. The van der Waals surface area contributed by atoms with Gasteiger partial charge in [-0.05, 0) is 48.7 Å². The number of rotatable bonds is 6. The number of nitrogens with zero attached hydrogens (tertiary/aromatic N) is 1. The first-order chi connectivity index (χ1) is 10.1. The van der Waals surface area contributed by atoms with Crippen molar-refractivity contribution in [3.8, 4) is 0 Å². The van der Waals surface area contributed by atoms with E-state index in [1.807, 2.05) is 12.1 Å². The van der Waals surface area contributed by atoms with Crippen LogP contribution in [-0.4, -0.2) is 17.4 Å². The Morgan fingerprint density at radius 2 is 1.95 bits per heavy atom. The van der Waals surface area contributed by atoms with Gasteiger partial charge < -0.3 is 10.6 Å². The minimum atomic E-state index is 0.0377. The minimum absolute atomic E-state index is 0.0377. The number of hydrogen-bond acceptors (Lipinski definition) is 3. The molecule has 4 nitrogen and oxygen atoms in total. The number of pyridine rings is 1. The predicted molar refractivity (Wildman–Crippen MR) is 85.1 cm³/mol. The molecule has 0 spiro atoms. The summed E-state index contributed by atoms with van der Waals surface area (Å²) in [4.78, 5) is 15.8. The molecular formula is C17H21N3O. The molecule has 0 bridgehead atoms. The van der Waals surface area contributed by atoms with Crippen molar-refractivity contribution in [3.63, 3.8) is 0 Å². The number of carbonyl (C=O) groups is 1. The zero-order chi connectivity index (χ0) is 15.1. The monoisotopic (exact) mass is 283 g/mol. The fourth-order valence-corrected chi connectivity index (χ4v) is 2.19. The largest absolute Gasteiger partial charge is 0.385 e. The third kappa shape index (κ3) is 5.26. The van der Waals surface area contributed by atoms with Crippen molar-refractivity contribution < 1.29 is 4.79 Å². The minimum Gasteiger partial charge on any atom is -0.385 e. The fraction of sp³-hybridized carbons (Fsp3) is 0.294. The average molecular weight is 283 g/mol. The van der Waals surface area contributed by atoms with Gasteiger partial charge >= 0.3 is 0 Å². The summed E-state index contributed by atoms with van der Waals surface area (Å²) in [5, 5.41) is 6.17. The van der Waals surface area contributed by atoms with E-state index >= 15 is 0 Å². The third-order valence-electron chi connectivity index (χ3n) is 3.12. The Labute approximate surface area is 125 Å². The van der Waals surface area contributed by atoms with Crippen molar-refractivity contribution in [2.45, 2.75) is 26.8 Å². The molecule has 1 aromatic heterocycles. The number of hydrogen-bond donors (Lipinski definition) is 2. The van der Waals surface area contributed by atoms with Gasteiger partial charge in [0, 0.05) is 37.6 Å². The Morgan fingerprint density at radius 3 is 2.62 bits per heavy atom. The zero-order valence-electron chi connectivity index (χ0n) is 12.5. The molecule has 0 unspecified atom stereocenters. The van der Waals surface area contributed by atoms with Gasteiger partial charge in [0.1, 0.15) is 0 Å². The van der Waals surface area contributed by atoms with E-state index in [-0.39, 0.29) is 5.91 Å². The number of nitrogens with one attached hydrogen (secondary N) is 2. The van der Waals surface area contributed by atoms with E-state index in [9.17, 15) is 4.79 Å². The summed E-state index contributed by atoms with van der Waals surface area (Å²) in [7, 11) is 0. The van der Waals surface area contributed by atoms with Gasteiger partial charge in [-0.25, -0.2) is 0 Å². The van der Waals surface area contributed by atoms with Crippen molar-refractivity contribution >= 4 is 11.6 Å². The van der Waals surface area contributed by atoms with Crippen LogP contribution in [0.5, 0.6) is 0 Å². The van der Waals surface area contributed by atoms with Gasteiger partial charge in [0.15, 0.2) is 0 Å². The van der Waals surface area contributed by atoms with Crippen LogP contribution in [0.3, 0.4) is 0 Å². The number of amides is 1. The molecular weight excluding hydrogens is 262 g/mol. The normalized spacial score (nSPS) is 10.2. The number of aromatic nitrogens is 1.